The molecule has 0 radical (unpaired) electrons. The summed E-state index contributed by atoms with van der Waals surface area (Å²) in [5.41, 5.74) is 2.35. The molecule has 0 N–H and O–H groups in total. The minimum Gasteiger partial charge on any atom is -0.492 e. The molecule has 4 heterocycles. The number of halogens is 1. The summed E-state index contributed by atoms with van der Waals surface area (Å²) >= 11 is 6.39. The van der Waals surface area contributed by atoms with E-state index in [-0.39, 0.29) is 23.3 Å². The fourth-order valence-electron chi connectivity index (χ4n) is 6.92. The molecule has 6 rings (SSSR count). The van der Waals surface area contributed by atoms with Gasteiger partial charge in [-0.3, -0.25) is 9.59 Å². The highest BCUT2D eigenvalue weighted by Crippen LogP contribution is 2.38. The molecule has 3 aliphatic heterocycles. The summed E-state index contributed by atoms with van der Waals surface area (Å²) in [5.74, 6) is 1.72. The lowest BCUT2D eigenvalue weighted by molar-refractivity contribution is -0.134. The van der Waals surface area contributed by atoms with E-state index in [1.54, 1.807) is 0 Å². The number of carbonyl (C=O) groups is 2. The first-order valence-corrected chi connectivity index (χ1v) is 15.8. The summed E-state index contributed by atoms with van der Waals surface area (Å²) in [6, 6.07) is 13.5. The number of hydrogen-bond donors (Lipinski definition) is 0. The summed E-state index contributed by atoms with van der Waals surface area (Å²) < 4.78 is 14.6. The van der Waals surface area contributed by atoms with Gasteiger partial charge in [0.05, 0.1) is 40.9 Å². The van der Waals surface area contributed by atoms with Crippen LogP contribution in [-0.2, 0) is 23.0 Å². The number of imidazole rings is 1. The van der Waals surface area contributed by atoms with Gasteiger partial charge >= 0.3 is 0 Å². The van der Waals surface area contributed by atoms with E-state index < -0.39 is 0 Å². The molecule has 0 unspecified atom stereocenters. The third-order valence-corrected chi connectivity index (χ3v) is 9.83. The average molecular weight is 593 g/mol. The van der Waals surface area contributed by atoms with Gasteiger partial charge < -0.3 is 23.8 Å². The normalized spacial score (nSPS) is 21.6. The quantitative estimate of drug-likeness (QED) is 0.393. The van der Waals surface area contributed by atoms with Crippen LogP contribution in [-0.4, -0.2) is 76.7 Å². The van der Waals surface area contributed by atoms with Gasteiger partial charge in [-0.15, -0.1) is 0 Å². The molecule has 0 saturated carbocycles. The fourth-order valence-corrected chi connectivity index (χ4v) is 7.22. The first-order valence-electron chi connectivity index (χ1n) is 15.4. The molecule has 0 bridgehead atoms. The van der Waals surface area contributed by atoms with Gasteiger partial charge in [-0.2, -0.15) is 0 Å². The Bertz CT molecular complexity index is 1430. The number of fused-ring (bicyclic) bond motifs is 3. The van der Waals surface area contributed by atoms with Crippen molar-refractivity contribution < 1.29 is 19.1 Å². The van der Waals surface area contributed by atoms with Crippen molar-refractivity contribution in [2.24, 2.45) is 12.5 Å². The van der Waals surface area contributed by atoms with Gasteiger partial charge in [-0.1, -0.05) is 36.2 Å². The van der Waals surface area contributed by atoms with Crippen LogP contribution in [0.15, 0.2) is 42.5 Å². The first kappa shape index (κ1) is 29.0. The predicted molar refractivity (Wildman–Crippen MR) is 163 cm³/mol. The molecule has 2 amide bonds. The van der Waals surface area contributed by atoms with Gasteiger partial charge in [0.2, 0.25) is 5.91 Å². The number of amides is 2. The van der Waals surface area contributed by atoms with E-state index in [4.69, 9.17) is 26.1 Å². The second-order valence-corrected chi connectivity index (χ2v) is 12.6. The maximum absolute atomic E-state index is 13.6. The molecule has 9 heteroatoms. The van der Waals surface area contributed by atoms with Gasteiger partial charge in [0.15, 0.2) is 0 Å². The third kappa shape index (κ3) is 6.02. The number of aromatic nitrogens is 2. The number of benzene rings is 2. The fraction of sp³-hybridized carbons (Fsp3) is 0.545. The number of carbonyl (C=O) groups excluding carboxylic acids is 2. The second kappa shape index (κ2) is 12.6. The number of nitrogens with zero attached hydrogens (tertiary/aromatic N) is 4. The lowest BCUT2D eigenvalue weighted by Crippen LogP contribution is -2.46. The van der Waals surface area contributed by atoms with Crippen LogP contribution >= 0.6 is 11.6 Å². The number of hydrogen-bond acceptors (Lipinski definition) is 5. The molecular weight excluding hydrogens is 552 g/mol. The van der Waals surface area contributed by atoms with E-state index in [1.807, 2.05) is 63.9 Å². The van der Waals surface area contributed by atoms with Crippen molar-refractivity contribution in [3.8, 4) is 5.75 Å². The van der Waals surface area contributed by atoms with Crippen LogP contribution in [0.25, 0.3) is 11.0 Å². The van der Waals surface area contributed by atoms with Crippen LogP contribution in [0, 0.1) is 5.41 Å². The van der Waals surface area contributed by atoms with Crippen molar-refractivity contribution in [1.82, 2.24) is 19.4 Å². The number of para-hydroxylation sites is 2. The van der Waals surface area contributed by atoms with E-state index in [1.165, 1.54) is 0 Å². The summed E-state index contributed by atoms with van der Waals surface area (Å²) in [7, 11) is 1.96. The Kier molecular flexibility index (Phi) is 8.72. The molecule has 3 aliphatic rings. The highest BCUT2D eigenvalue weighted by atomic mass is 35.5. The van der Waals surface area contributed by atoms with Crippen molar-refractivity contribution >= 4 is 34.4 Å². The van der Waals surface area contributed by atoms with Crippen LogP contribution in [0.3, 0.4) is 0 Å². The van der Waals surface area contributed by atoms with E-state index >= 15 is 0 Å². The lowest BCUT2D eigenvalue weighted by Gasteiger charge is -2.42. The number of likely N-dealkylation sites (tertiary alicyclic amines) is 1. The van der Waals surface area contributed by atoms with Crippen LogP contribution < -0.4 is 4.74 Å². The summed E-state index contributed by atoms with van der Waals surface area (Å²) in [6.45, 7) is 4.04. The van der Waals surface area contributed by atoms with Crippen molar-refractivity contribution in [2.45, 2.75) is 63.8 Å². The Hall–Kier alpha value is -3.10. The van der Waals surface area contributed by atoms with Crippen LogP contribution in [0.1, 0.15) is 67.5 Å². The molecule has 42 heavy (non-hydrogen) atoms. The average Bonchev–Trinajstić information content (AvgIpc) is 3.61. The van der Waals surface area contributed by atoms with E-state index in [0.29, 0.717) is 62.1 Å². The minimum atomic E-state index is -0.0403. The standard InChI is InChI=1S/C33H41ClN4O4/c1-36-29(35-27-11-6-10-26(34)31(27)36)13-14-30(39)37-19-16-33(17-20-37)15-4-5-21-41-22-24-8-7-18-38(24)32(40)25-9-2-3-12-28(25)42-23-33/h2-3,6,9-12,24H,4-5,7-8,13-23H2,1H3/t24-/m0/s1. The van der Waals surface area contributed by atoms with Gasteiger partial charge in [-0.05, 0) is 62.8 Å². The molecule has 8 nitrogen and oxygen atoms in total. The molecule has 3 aromatic rings. The van der Waals surface area contributed by atoms with Crippen LogP contribution in [0.4, 0.5) is 0 Å². The lowest BCUT2D eigenvalue weighted by atomic mass is 9.75. The van der Waals surface area contributed by atoms with Crippen molar-refractivity contribution in [1.29, 1.82) is 0 Å². The molecule has 2 aromatic carbocycles. The zero-order valence-electron chi connectivity index (χ0n) is 24.5. The number of rotatable bonds is 3. The number of ether oxygens (including phenoxy) is 2. The minimum absolute atomic E-state index is 0.0334. The van der Waals surface area contributed by atoms with Crippen LogP contribution in [0.5, 0.6) is 5.75 Å². The molecule has 1 atom stereocenters. The highest BCUT2D eigenvalue weighted by molar-refractivity contribution is 6.35. The summed E-state index contributed by atoms with van der Waals surface area (Å²) in [4.78, 5) is 35.5. The summed E-state index contributed by atoms with van der Waals surface area (Å²) in [5, 5.41) is 0.672. The zero-order valence-corrected chi connectivity index (χ0v) is 25.3. The van der Waals surface area contributed by atoms with Gasteiger partial charge in [0.1, 0.15) is 11.6 Å². The molecule has 2 fully saturated rings. The molecular formula is C33H41ClN4O4. The van der Waals surface area contributed by atoms with Gasteiger partial charge in [0.25, 0.3) is 5.91 Å². The maximum atomic E-state index is 13.6. The third-order valence-electron chi connectivity index (χ3n) is 9.52. The smallest absolute Gasteiger partial charge is 0.257 e. The topological polar surface area (TPSA) is 76.9 Å². The van der Waals surface area contributed by atoms with E-state index in [2.05, 4.69) is 0 Å². The van der Waals surface area contributed by atoms with Crippen molar-refractivity contribution in [3.63, 3.8) is 0 Å². The van der Waals surface area contributed by atoms with E-state index in [0.717, 1.165) is 68.3 Å². The Balaban J connectivity index is 1.11. The number of piperidine rings is 1. The van der Waals surface area contributed by atoms with Crippen molar-refractivity contribution in [3.05, 3.63) is 58.9 Å². The monoisotopic (exact) mass is 592 g/mol. The SMILES string of the molecule is Cn1c(CCC(=O)N2CCC3(CCCCOC[C@@H]4CCCN4C(=O)c4ccccc4OC3)CC2)nc2cccc(Cl)c21. The Morgan fingerprint density at radius 1 is 1.05 bits per heavy atom. The van der Waals surface area contributed by atoms with Gasteiger partial charge in [0, 0.05) is 51.5 Å². The first-order chi connectivity index (χ1) is 20.4. The Morgan fingerprint density at radius 3 is 2.71 bits per heavy atom. The second-order valence-electron chi connectivity index (χ2n) is 12.2. The zero-order chi connectivity index (χ0) is 29.1. The molecule has 1 aromatic heterocycles. The predicted octanol–water partition coefficient (Wildman–Crippen LogP) is 5.65. The largest absolute Gasteiger partial charge is 0.492 e. The summed E-state index contributed by atoms with van der Waals surface area (Å²) in [6.07, 6.45) is 7.82. The van der Waals surface area contributed by atoms with E-state index in [9.17, 15) is 9.59 Å². The molecule has 1 spiro atoms. The Morgan fingerprint density at radius 2 is 1.88 bits per heavy atom. The molecule has 224 valence electrons. The van der Waals surface area contributed by atoms with Crippen molar-refractivity contribution in [2.75, 3.05) is 39.5 Å². The molecule has 2 saturated heterocycles. The maximum Gasteiger partial charge on any atom is 0.257 e. The van der Waals surface area contributed by atoms with Crippen LogP contribution in [0.2, 0.25) is 5.02 Å². The number of aryl methyl sites for hydroxylation is 2. The highest BCUT2D eigenvalue weighted by Gasteiger charge is 2.37. The molecule has 0 aliphatic carbocycles. The Labute approximate surface area is 252 Å². The van der Waals surface area contributed by atoms with Gasteiger partial charge in [-0.25, -0.2) is 4.98 Å².